The Labute approximate surface area is 289 Å². The molecule has 7 aliphatic rings. The number of aromatic carboxylic acids is 1. The molecule has 2 N–H and O–H groups in total. The first kappa shape index (κ1) is 32.8. The molecule has 1 aromatic carbocycles. The second-order valence-electron chi connectivity index (χ2n) is 18.6. The summed E-state index contributed by atoms with van der Waals surface area (Å²) >= 11 is 1.93. The van der Waals surface area contributed by atoms with Crippen molar-refractivity contribution in [3.8, 4) is 0 Å². The Morgan fingerprint density at radius 2 is 1.68 bits per heavy atom. The number of carboxylic acid groups (broad SMARTS) is 1. The highest BCUT2D eigenvalue weighted by molar-refractivity contribution is 7.96. The molecule has 0 bridgehead atoms. The topological polar surface area (TPSA) is 55.8 Å². The molecule has 5 nitrogen and oxygen atoms in total. The molecule has 0 amide bonds. The number of carboxylic acids is 1. The lowest BCUT2D eigenvalue weighted by atomic mass is 9.37. The van der Waals surface area contributed by atoms with E-state index >= 15 is 0 Å². The van der Waals surface area contributed by atoms with Crippen molar-refractivity contribution < 1.29 is 9.90 Å². The number of nitrogens with zero attached hydrogens (tertiary/aromatic N) is 2. The normalized spacial score (nSPS) is 42.1. The molecule has 6 heteroatoms. The number of fused-ring (bicyclic) bond motifs is 7. The van der Waals surface area contributed by atoms with E-state index in [1.807, 2.05) is 11.9 Å². The van der Waals surface area contributed by atoms with Gasteiger partial charge in [-0.05, 0) is 146 Å². The first-order valence-corrected chi connectivity index (χ1v) is 20.4. The Hall–Kier alpha value is -1.34. The van der Waals surface area contributed by atoms with Crippen molar-refractivity contribution in [3.63, 3.8) is 0 Å². The summed E-state index contributed by atoms with van der Waals surface area (Å²) in [6.45, 7) is 18.0. The van der Waals surface area contributed by atoms with Crippen molar-refractivity contribution in [3.05, 3.63) is 41.5 Å². The standard InChI is InChI=1S/C41H61N3O2S/c1-37(2)31(28-8-10-29(11-9-28)36(45)46)14-18-39(4)34(37)16-19-38(3)32-15-20-41(17-6-7-33(41)30(32)12-13-35(38)39)42-22-24-43-23-21-40(25-43)26-44(27-40)47-5/h8-11,14,30,32-35,42H,6-7,12-13,15-27H2,1-5H3,(H,45,46)/t30?,32?,33-,34?,35?,38?,39?,41?/m1/s1. The third-order valence-electron chi connectivity index (χ3n) is 16.2. The van der Waals surface area contributed by atoms with Crippen LogP contribution in [0.15, 0.2) is 30.3 Å². The Morgan fingerprint density at radius 1 is 0.894 bits per heavy atom. The first-order valence-electron chi connectivity index (χ1n) is 19.2. The molecule has 4 saturated carbocycles. The summed E-state index contributed by atoms with van der Waals surface area (Å²) in [4.78, 5) is 14.3. The van der Waals surface area contributed by atoms with Gasteiger partial charge in [-0.15, -0.1) is 0 Å². The van der Waals surface area contributed by atoms with Crippen LogP contribution in [0.1, 0.15) is 114 Å². The lowest BCUT2D eigenvalue weighted by molar-refractivity contribution is -0.172. The highest BCUT2D eigenvalue weighted by Crippen LogP contribution is 2.72. The zero-order valence-electron chi connectivity index (χ0n) is 30.0. The maximum absolute atomic E-state index is 11.5. The van der Waals surface area contributed by atoms with E-state index in [-0.39, 0.29) is 5.41 Å². The van der Waals surface area contributed by atoms with E-state index in [2.05, 4.69) is 66.7 Å². The van der Waals surface area contributed by atoms with Gasteiger partial charge in [-0.2, -0.15) is 0 Å². The number of nitrogens with one attached hydrogen (secondary N) is 1. The maximum atomic E-state index is 11.5. The molecule has 1 spiro atoms. The van der Waals surface area contributed by atoms with Gasteiger partial charge in [-0.25, -0.2) is 9.10 Å². The summed E-state index contributed by atoms with van der Waals surface area (Å²) in [5, 5.41) is 13.8. The van der Waals surface area contributed by atoms with Gasteiger partial charge in [0.2, 0.25) is 0 Å². The van der Waals surface area contributed by atoms with Crippen molar-refractivity contribution in [2.45, 2.75) is 104 Å². The van der Waals surface area contributed by atoms with Crippen molar-refractivity contribution >= 4 is 23.5 Å². The first-order chi connectivity index (χ1) is 22.4. The average molecular weight is 660 g/mol. The van der Waals surface area contributed by atoms with Gasteiger partial charge in [0.05, 0.1) is 5.56 Å². The van der Waals surface area contributed by atoms with Gasteiger partial charge in [0.1, 0.15) is 0 Å². The highest BCUT2D eigenvalue weighted by atomic mass is 32.2. The lowest BCUT2D eigenvalue weighted by Crippen LogP contribution is -2.63. The second-order valence-corrected chi connectivity index (χ2v) is 19.4. The zero-order chi connectivity index (χ0) is 32.8. The van der Waals surface area contributed by atoms with Crippen molar-refractivity contribution in [1.29, 1.82) is 0 Å². The van der Waals surface area contributed by atoms with Crippen LogP contribution in [0.25, 0.3) is 5.57 Å². The van der Waals surface area contributed by atoms with Gasteiger partial charge in [0.25, 0.3) is 0 Å². The minimum Gasteiger partial charge on any atom is -0.478 e. The van der Waals surface area contributed by atoms with Crippen LogP contribution < -0.4 is 5.32 Å². The third kappa shape index (κ3) is 5.07. The molecular formula is C41H61N3O2S. The summed E-state index contributed by atoms with van der Waals surface area (Å²) in [6.07, 6.45) is 20.0. The highest BCUT2D eigenvalue weighted by Gasteiger charge is 2.65. The Balaban J connectivity index is 0.958. The quantitative estimate of drug-likeness (QED) is 0.287. The molecule has 2 heterocycles. The van der Waals surface area contributed by atoms with Crippen molar-refractivity contribution in [2.24, 2.45) is 51.2 Å². The minimum absolute atomic E-state index is 0.0784. The van der Waals surface area contributed by atoms with Crippen LogP contribution in [0.2, 0.25) is 0 Å². The number of allylic oxidation sites excluding steroid dienone is 2. The second kappa shape index (κ2) is 11.6. The predicted octanol–water partition coefficient (Wildman–Crippen LogP) is 8.47. The molecule has 7 unspecified atom stereocenters. The molecule has 2 aliphatic heterocycles. The number of benzene rings is 1. The predicted molar refractivity (Wildman–Crippen MR) is 194 cm³/mol. The fraction of sp³-hybridized carbons (Fsp3) is 0.780. The molecule has 8 atom stereocenters. The van der Waals surface area contributed by atoms with Crippen molar-refractivity contribution in [2.75, 3.05) is 45.5 Å². The molecule has 0 radical (unpaired) electrons. The lowest BCUT2D eigenvalue weighted by Gasteiger charge is -2.68. The smallest absolute Gasteiger partial charge is 0.335 e. The monoisotopic (exact) mass is 659 g/mol. The summed E-state index contributed by atoms with van der Waals surface area (Å²) in [7, 11) is 0. The van der Waals surface area contributed by atoms with Crippen LogP contribution in [0.4, 0.5) is 0 Å². The number of carbonyl (C=O) groups is 1. The average Bonchev–Trinajstić information content (AvgIpc) is 3.65. The molecule has 0 aromatic heterocycles. The SMILES string of the molecule is CSN1CC2(CCN(CCNC34CCC[C@@H]3C3CCC5C(C)(CCC6C(C)(C)C(c7ccc(C(=O)O)cc7)=CCC65C)C3CC4)C2)C1. The van der Waals surface area contributed by atoms with Crippen LogP contribution in [0.5, 0.6) is 0 Å². The summed E-state index contributed by atoms with van der Waals surface area (Å²) in [6, 6.07) is 7.69. The minimum atomic E-state index is -0.844. The number of rotatable bonds is 7. The number of hydrogen-bond acceptors (Lipinski definition) is 5. The van der Waals surface area contributed by atoms with E-state index in [1.165, 1.54) is 115 Å². The van der Waals surface area contributed by atoms with Crippen molar-refractivity contribution in [1.82, 2.24) is 14.5 Å². The maximum Gasteiger partial charge on any atom is 0.335 e. The molecule has 258 valence electrons. The fourth-order valence-corrected chi connectivity index (χ4v) is 15.0. The molecule has 8 rings (SSSR count). The summed E-state index contributed by atoms with van der Waals surface area (Å²) in [5.41, 5.74) is 4.88. The van der Waals surface area contributed by atoms with E-state index in [9.17, 15) is 9.90 Å². The molecular weight excluding hydrogens is 599 g/mol. The molecule has 2 saturated heterocycles. The van der Waals surface area contributed by atoms with Crippen LogP contribution in [0.3, 0.4) is 0 Å². The Morgan fingerprint density at radius 3 is 2.43 bits per heavy atom. The van der Waals surface area contributed by atoms with Gasteiger partial charge in [-0.1, -0.05) is 64.3 Å². The number of likely N-dealkylation sites (tertiary alicyclic amines) is 1. The van der Waals surface area contributed by atoms with Gasteiger partial charge in [0, 0.05) is 43.7 Å². The van der Waals surface area contributed by atoms with E-state index in [1.54, 1.807) is 12.1 Å². The largest absolute Gasteiger partial charge is 0.478 e. The van der Waals surface area contributed by atoms with Crippen LogP contribution in [0, 0.1) is 51.2 Å². The van der Waals surface area contributed by atoms with E-state index in [4.69, 9.17) is 0 Å². The molecule has 1 aromatic rings. The van der Waals surface area contributed by atoms with E-state index < -0.39 is 5.97 Å². The van der Waals surface area contributed by atoms with Crippen LogP contribution in [-0.2, 0) is 0 Å². The summed E-state index contributed by atoms with van der Waals surface area (Å²) < 4.78 is 2.54. The molecule has 47 heavy (non-hydrogen) atoms. The van der Waals surface area contributed by atoms with Gasteiger partial charge < -0.3 is 15.3 Å². The van der Waals surface area contributed by atoms with E-state index in [0.29, 0.717) is 33.3 Å². The van der Waals surface area contributed by atoms with Gasteiger partial charge in [-0.3, -0.25) is 0 Å². The number of hydrogen-bond donors (Lipinski definition) is 2. The fourth-order valence-electron chi connectivity index (χ4n) is 14.2. The third-order valence-corrected chi connectivity index (χ3v) is 17.0. The van der Waals surface area contributed by atoms with Crippen LogP contribution in [-0.4, -0.2) is 71.3 Å². The van der Waals surface area contributed by atoms with Crippen LogP contribution >= 0.6 is 11.9 Å². The molecule has 5 aliphatic carbocycles. The van der Waals surface area contributed by atoms with E-state index in [0.717, 1.165) is 30.1 Å². The molecule has 6 fully saturated rings. The summed E-state index contributed by atoms with van der Waals surface area (Å²) in [5.74, 6) is 3.26. The van der Waals surface area contributed by atoms with Gasteiger partial charge in [0.15, 0.2) is 0 Å². The Kier molecular flexibility index (Phi) is 8.11. The Bertz CT molecular complexity index is 1400. The zero-order valence-corrected chi connectivity index (χ0v) is 30.8. The van der Waals surface area contributed by atoms with Gasteiger partial charge >= 0.3 is 5.97 Å².